The average molecular weight is 269 g/mol. The molecule has 0 bridgehead atoms. The third-order valence-electron chi connectivity index (χ3n) is 2.97. The predicted octanol–water partition coefficient (Wildman–Crippen LogP) is 1.23. The summed E-state index contributed by atoms with van der Waals surface area (Å²) in [6, 6.07) is 5.52. The van der Waals surface area contributed by atoms with Crippen molar-refractivity contribution in [3.8, 4) is 5.75 Å². The Morgan fingerprint density at radius 3 is 3.11 bits per heavy atom. The van der Waals surface area contributed by atoms with Gasteiger partial charge in [0, 0.05) is 18.1 Å². The maximum atomic E-state index is 11.9. The largest absolute Gasteiger partial charge is 0.492 e. The number of likely N-dealkylation sites (N-methyl/N-ethyl adjacent to an activating group) is 1. The lowest BCUT2D eigenvalue weighted by Gasteiger charge is -2.24. The molecule has 98 valence electrons. The molecule has 2 N–H and O–H groups in total. The van der Waals surface area contributed by atoms with Crippen LogP contribution in [0.1, 0.15) is 5.56 Å². The first-order valence-corrected chi connectivity index (χ1v) is 6.42. The molecule has 0 aromatic heterocycles. The van der Waals surface area contributed by atoms with Crippen molar-refractivity contribution in [1.29, 1.82) is 0 Å². The Kier molecular flexibility index (Phi) is 4.44. The van der Waals surface area contributed by atoms with Crippen LogP contribution in [0.15, 0.2) is 18.2 Å². The van der Waals surface area contributed by atoms with Crippen LogP contribution < -0.4 is 15.4 Å². The van der Waals surface area contributed by atoms with Crippen LogP contribution in [0.25, 0.3) is 0 Å². The standard InChI is InChI=1S/C13H17ClN2O2/c1-15-4-5-16-13(17)10-6-9-7-11(14)2-3-12(9)18-8-10/h2-3,7,10,15H,4-6,8H2,1H3,(H,16,17). The van der Waals surface area contributed by atoms with Crippen molar-refractivity contribution < 1.29 is 9.53 Å². The van der Waals surface area contributed by atoms with Gasteiger partial charge >= 0.3 is 0 Å². The molecular formula is C13H17ClN2O2. The zero-order valence-corrected chi connectivity index (χ0v) is 11.1. The molecule has 0 radical (unpaired) electrons. The number of amides is 1. The first-order chi connectivity index (χ1) is 8.70. The molecule has 0 saturated carbocycles. The van der Waals surface area contributed by atoms with Crippen molar-refractivity contribution in [1.82, 2.24) is 10.6 Å². The minimum Gasteiger partial charge on any atom is -0.492 e. The SMILES string of the molecule is CNCCNC(=O)C1COc2ccc(Cl)cc2C1. The lowest BCUT2D eigenvalue weighted by Crippen LogP contribution is -2.39. The maximum Gasteiger partial charge on any atom is 0.226 e. The number of halogens is 1. The highest BCUT2D eigenvalue weighted by atomic mass is 35.5. The van der Waals surface area contributed by atoms with E-state index in [-0.39, 0.29) is 11.8 Å². The third kappa shape index (κ3) is 3.15. The van der Waals surface area contributed by atoms with E-state index in [0.717, 1.165) is 17.9 Å². The minimum atomic E-state index is -0.132. The molecule has 1 heterocycles. The highest BCUT2D eigenvalue weighted by Crippen LogP contribution is 2.29. The highest BCUT2D eigenvalue weighted by molar-refractivity contribution is 6.30. The van der Waals surface area contributed by atoms with Crippen molar-refractivity contribution in [3.05, 3.63) is 28.8 Å². The van der Waals surface area contributed by atoms with Gasteiger partial charge in [0.15, 0.2) is 0 Å². The number of carbonyl (C=O) groups excluding carboxylic acids is 1. The molecule has 2 rings (SSSR count). The number of ether oxygens (including phenoxy) is 1. The van der Waals surface area contributed by atoms with Gasteiger partial charge in [0.25, 0.3) is 0 Å². The molecule has 18 heavy (non-hydrogen) atoms. The van der Waals surface area contributed by atoms with E-state index < -0.39 is 0 Å². The second-order valence-corrected chi connectivity index (χ2v) is 4.80. The van der Waals surface area contributed by atoms with E-state index in [1.165, 1.54) is 0 Å². The summed E-state index contributed by atoms with van der Waals surface area (Å²) >= 11 is 5.94. The number of rotatable bonds is 4. The van der Waals surface area contributed by atoms with Gasteiger partial charge in [0.05, 0.1) is 5.92 Å². The topological polar surface area (TPSA) is 50.4 Å². The molecule has 1 aromatic carbocycles. The minimum absolute atomic E-state index is 0.0378. The summed E-state index contributed by atoms with van der Waals surface area (Å²) in [4.78, 5) is 11.9. The van der Waals surface area contributed by atoms with Gasteiger partial charge < -0.3 is 15.4 Å². The van der Waals surface area contributed by atoms with Gasteiger partial charge in [0.2, 0.25) is 5.91 Å². The van der Waals surface area contributed by atoms with Crippen LogP contribution in [0.2, 0.25) is 5.02 Å². The molecule has 1 aromatic rings. The molecule has 0 aliphatic carbocycles. The molecule has 1 aliphatic heterocycles. The predicted molar refractivity (Wildman–Crippen MR) is 71.1 cm³/mol. The van der Waals surface area contributed by atoms with Crippen molar-refractivity contribution in [2.45, 2.75) is 6.42 Å². The van der Waals surface area contributed by atoms with Gasteiger partial charge in [-0.15, -0.1) is 0 Å². The molecule has 0 saturated heterocycles. The fraction of sp³-hybridized carbons (Fsp3) is 0.462. The Bertz CT molecular complexity index is 437. The van der Waals surface area contributed by atoms with Crippen LogP contribution in [-0.4, -0.2) is 32.7 Å². The van der Waals surface area contributed by atoms with E-state index in [1.807, 2.05) is 19.2 Å². The normalized spacial score (nSPS) is 17.8. The average Bonchev–Trinajstić information content (AvgIpc) is 2.38. The second-order valence-electron chi connectivity index (χ2n) is 4.36. The van der Waals surface area contributed by atoms with Crippen molar-refractivity contribution in [3.63, 3.8) is 0 Å². The van der Waals surface area contributed by atoms with Gasteiger partial charge in [-0.05, 0) is 37.2 Å². The van der Waals surface area contributed by atoms with Gasteiger partial charge in [-0.1, -0.05) is 11.6 Å². The zero-order chi connectivity index (χ0) is 13.0. The van der Waals surface area contributed by atoms with Crippen molar-refractivity contribution >= 4 is 17.5 Å². The van der Waals surface area contributed by atoms with Crippen molar-refractivity contribution in [2.24, 2.45) is 5.92 Å². The lowest BCUT2D eigenvalue weighted by atomic mass is 9.96. The molecule has 0 spiro atoms. The maximum absolute atomic E-state index is 11.9. The summed E-state index contributed by atoms with van der Waals surface area (Å²) in [5.41, 5.74) is 1.00. The molecular weight excluding hydrogens is 252 g/mol. The molecule has 4 nitrogen and oxygen atoms in total. The van der Waals surface area contributed by atoms with Crippen LogP contribution in [0.4, 0.5) is 0 Å². The zero-order valence-electron chi connectivity index (χ0n) is 10.3. The van der Waals surface area contributed by atoms with E-state index in [1.54, 1.807) is 6.07 Å². The van der Waals surface area contributed by atoms with Crippen molar-refractivity contribution in [2.75, 3.05) is 26.7 Å². The lowest BCUT2D eigenvalue weighted by molar-refractivity contribution is -0.126. The monoisotopic (exact) mass is 268 g/mol. The van der Waals surface area contributed by atoms with E-state index in [2.05, 4.69) is 10.6 Å². The molecule has 1 unspecified atom stereocenters. The summed E-state index contributed by atoms with van der Waals surface area (Å²) in [6.45, 7) is 1.83. The van der Waals surface area contributed by atoms with Gasteiger partial charge in [-0.25, -0.2) is 0 Å². The Hall–Kier alpha value is -1.26. The van der Waals surface area contributed by atoms with Gasteiger partial charge in [-0.2, -0.15) is 0 Å². The number of hydrogen-bond donors (Lipinski definition) is 2. The summed E-state index contributed by atoms with van der Waals surface area (Å²) < 4.78 is 5.58. The van der Waals surface area contributed by atoms with Crippen LogP contribution in [-0.2, 0) is 11.2 Å². The number of carbonyl (C=O) groups is 1. The smallest absolute Gasteiger partial charge is 0.226 e. The van der Waals surface area contributed by atoms with Crippen LogP contribution in [0.3, 0.4) is 0 Å². The Balaban J connectivity index is 1.96. The second kappa shape index (κ2) is 6.07. The summed E-state index contributed by atoms with van der Waals surface area (Å²) in [7, 11) is 1.86. The van der Waals surface area contributed by atoms with E-state index in [4.69, 9.17) is 16.3 Å². The molecule has 1 aliphatic rings. The highest BCUT2D eigenvalue weighted by Gasteiger charge is 2.25. The van der Waals surface area contributed by atoms with E-state index >= 15 is 0 Å². The molecule has 1 atom stereocenters. The van der Waals surface area contributed by atoms with Gasteiger partial charge in [-0.3, -0.25) is 4.79 Å². The summed E-state index contributed by atoms with van der Waals surface area (Å²) in [5, 5.41) is 6.54. The first kappa shape index (κ1) is 13.2. The fourth-order valence-corrected chi connectivity index (χ4v) is 2.18. The Labute approximate surface area is 112 Å². The number of nitrogens with one attached hydrogen (secondary N) is 2. The Morgan fingerprint density at radius 1 is 1.50 bits per heavy atom. The van der Waals surface area contributed by atoms with E-state index in [9.17, 15) is 4.79 Å². The number of hydrogen-bond acceptors (Lipinski definition) is 3. The molecule has 0 fully saturated rings. The Morgan fingerprint density at radius 2 is 2.33 bits per heavy atom. The van der Waals surface area contributed by atoms with E-state index in [0.29, 0.717) is 24.6 Å². The number of benzene rings is 1. The number of fused-ring (bicyclic) bond motifs is 1. The van der Waals surface area contributed by atoms with Gasteiger partial charge in [0.1, 0.15) is 12.4 Å². The molecule has 1 amide bonds. The fourth-order valence-electron chi connectivity index (χ4n) is 1.99. The summed E-state index contributed by atoms with van der Waals surface area (Å²) in [6.07, 6.45) is 0.682. The van der Waals surface area contributed by atoms with Crippen LogP contribution in [0, 0.1) is 5.92 Å². The van der Waals surface area contributed by atoms with Crippen LogP contribution in [0.5, 0.6) is 5.75 Å². The third-order valence-corrected chi connectivity index (χ3v) is 3.21. The van der Waals surface area contributed by atoms with Crippen LogP contribution >= 0.6 is 11.6 Å². The summed E-state index contributed by atoms with van der Waals surface area (Å²) in [5.74, 6) is 0.738. The quantitative estimate of drug-likeness (QED) is 0.808. The first-order valence-electron chi connectivity index (χ1n) is 6.04. The molecule has 5 heteroatoms.